The predicted molar refractivity (Wildman–Crippen MR) is 85.6 cm³/mol. The van der Waals surface area contributed by atoms with Gasteiger partial charge in [0.2, 0.25) is 6.29 Å². The van der Waals surface area contributed by atoms with Gasteiger partial charge in [0.1, 0.15) is 11.2 Å². The summed E-state index contributed by atoms with van der Waals surface area (Å²) < 4.78 is 32.6. The molecule has 0 saturated heterocycles. The Labute approximate surface area is 144 Å². The van der Waals surface area contributed by atoms with Gasteiger partial charge in [0.05, 0.1) is 19.0 Å². The second-order valence-corrected chi connectivity index (χ2v) is 7.13. The highest BCUT2D eigenvalue weighted by Gasteiger charge is 2.43. The van der Waals surface area contributed by atoms with Crippen molar-refractivity contribution in [3.63, 3.8) is 0 Å². The number of rotatable bonds is 8. The third-order valence-electron chi connectivity index (χ3n) is 4.33. The van der Waals surface area contributed by atoms with Gasteiger partial charge in [-0.15, -0.1) is 0 Å². The summed E-state index contributed by atoms with van der Waals surface area (Å²) in [4.78, 5) is 24.2. The molecule has 0 aromatic rings. The number of Topliss-reactive ketones (excluding diaryl/α,β-unsaturated/α-hetero) is 1. The first-order valence-corrected chi connectivity index (χ1v) is 9.16. The Bertz CT molecular complexity index is 505. The second kappa shape index (κ2) is 8.73. The van der Waals surface area contributed by atoms with Crippen LogP contribution in [0.5, 0.6) is 0 Å². The van der Waals surface area contributed by atoms with Gasteiger partial charge in [0, 0.05) is 6.42 Å². The molecule has 3 unspecified atom stereocenters. The molecular weight excluding hydrogens is 336 g/mol. The van der Waals surface area contributed by atoms with Crippen LogP contribution in [0.25, 0.3) is 0 Å². The molecule has 0 N–H and O–H groups in total. The molecule has 8 heteroatoms. The van der Waals surface area contributed by atoms with Crippen LogP contribution in [0.15, 0.2) is 12.3 Å². The molecule has 136 valence electrons. The summed E-state index contributed by atoms with van der Waals surface area (Å²) in [6.07, 6.45) is 7.65. The Morgan fingerprint density at radius 2 is 2.00 bits per heavy atom. The zero-order valence-corrected chi connectivity index (χ0v) is 14.8. The van der Waals surface area contributed by atoms with Crippen molar-refractivity contribution in [3.05, 3.63) is 12.3 Å². The van der Waals surface area contributed by atoms with E-state index in [-0.39, 0.29) is 12.7 Å². The number of ether oxygens (including phenoxy) is 2. The van der Waals surface area contributed by atoms with E-state index in [9.17, 15) is 13.8 Å². The fourth-order valence-corrected chi connectivity index (χ4v) is 3.26. The molecule has 24 heavy (non-hydrogen) atoms. The number of carbonyl (C=O) groups excluding carboxylic acids is 2. The summed E-state index contributed by atoms with van der Waals surface area (Å²) in [6, 6.07) is 0. The van der Waals surface area contributed by atoms with Gasteiger partial charge in [-0.3, -0.25) is 18.0 Å². The van der Waals surface area contributed by atoms with Gasteiger partial charge < -0.3 is 9.47 Å². The van der Waals surface area contributed by atoms with Crippen LogP contribution < -0.4 is 0 Å². The maximum absolute atomic E-state index is 12.3. The standard InChI is InChI=1S/C16H24O7S/c1-12(17)16(2,15(18)22-14-9-6-10-20-14)11-21-24(19)23-13-7-4-3-5-8-13/h6,10,13-14H,3-5,7-9,11H2,1-2H3. The SMILES string of the molecule is CC(=O)C(C)(COS(=O)OC1CCCCC1)C(=O)OC1CC=CO1. The third kappa shape index (κ3) is 5.12. The lowest BCUT2D eigenvalue weighted by Gasteiger charge is -2.26. The smallest absolute Gasteiger partial charge is 0.324 e. The highest BCUT2D eigenvalue weighted by molar-refractivity contribution is 7.75. The average Bonchev–Trinajstić information content (AvgIpc) is 3.06. The van der Waals surface area contributed by atoms with Crippen molar-refractivity contribution in [1.82, 2.24) is 0 Å². The number of ketones is 1. The summed E-state index contributed by atoms with van der Waals surface area (Å²) in [7, 11) is 0. The molecule has 0 spiro atoms. The zero-order valence-electron chi connectivity index (χ0n) is 14.0. The van der Waals surface area contributed by atoms with E-state index in [2.05, 4.69) is 0 Å². The molecule has 1 fully saturated rings. The van der Waals surface area contributed by atoms with Gasteiger partial charge in [0.15, 0.2) is 0 Å². The van der Waals surface area contributed by atoms with Crippen molar-refractivity contribution in [3.8, 4) is 0 Å². The van der Waals surface area contributed by atoms with Gasteiger partial charge in [-0.25, -0.2) is 0 Å². The van der Waals surface area contributed by atoms with Crippen LogP contribution >= 0.6 is 0 Å². The number of hydrogen-bond acceptors (Lipinski definition) is 7. The van der Waals surface area contributed by atoms with Gasteiger partial charge >= 0.3 is 17.3 Å². The Morgan fingerprint density at radius 3 is 2.58 bits per heavy atom. The third-order valence-corrected chi connectivity index (χ3v) is 5.07. The van der Waals surface area contributed by atoms with Gasteiger partial charge in [-0.1, -0.05) is 19.3 Å². The molecule has 7 nitrogen and oxygen atoms in total. The summed E-state index contributed by atoms with van der Waals surface area (Å²) in [6.45, 7) is 2.29. The number of hydrogen-bond donors (Lipinski definition) is 0. The van der Waals surface area contributed by atoms with E-state index < -0.39 is 34.8 Å². The largest absolute Gasteiger partial charge is 0.462 e. The van der Waals surface area contributed by atoms with Gasteiger partial charge in [-0.05, 0) is 32.8 Å². The highest BCUT2D eigenvalue weighted by atomic mass is 32.2. The van der Waals surface area contributed by atoms with Gasteiger partial charge in [-0.2, -0.15) is 4.21 Å². The normalized spacial score (nSPS) is 24.8. The zero-order chi connectivity index (χ0) is 17.6. The molecule has 3 atom stereocenters. The molecule has 1 saturated carbocycles. The van der Waals surface area contributed by atoms with Crippen molar-refractivity contribution in [2.24, 2.45) is 5.41 Å². The maximum Gasteiger partial charge on any atom is 0.324 e. The summed E-state index contributed by atoms with van der Waals surface area (Å²) in [5, 5.41) is 0. The number of carbonyl (C=O) groups is 2. The van der Waals surface area contributed by atoms with E-state index in [1.165, 1.54) is 20.1 Å². The predicted octanol–water partition coefficient (Wildman–Crippen LogP) is 2.33. The highest BCUT2D eigenvalue weighted by Crippen LogP contribution is 2.25. The molecule has 1 heterocycles. The Hall–Kier alpha value is -1.25. The van der Waals surface area contributed by atoms with Crippen LogP contribution in [0.2, 0.25) is 0 Å². The Balaban J connectivity index is 1.85. The fraction of sp³-hybridized carbons (Fsp3) is 0.750. The molecule has 2 rings (SSSR count). The van der Waals surface area contributed by atoms with E-state index in [4.69, 9.17) is 17.8 Å². The molecule has 0 amide bonds. The molecule has 0 bridgehead atoms. The quantitative estimate of drug-likeness (QED) is 0.485. The van der Waals surface area contributed by atoms with Crippen molar-refractivity contribution < 1.29 is 31.6 Å². The van der Waals surface area contributed by atoms with Crippen LogP contribution in [0, 0.1) is 5.41 Å². The first-order valence-electron chi connectivity index (χ1n) is 8.16. The molecule has 0 aromatic heterocycles. The van der Waals surface area contributed by atoms with Crippen LogP contribution in [-0.4, -0.2) is 35.0 Å². The number of esters is 1. The van der Waals surface area contributed by atoms with Crippen LogP contribution in [0.4, 0.5) is 0 Å². The van der Waals surface area contributed by atoms with Gasteiger partial charge in [0.25, 0.3) is 0 Å². The lowest BCUT2D eigenvalue weighted by Crippen LogP contribution is -2.42. The van der Waals surface area contributed by atoms with E-state index >= 15 is 0 Å². The van der Waals surface area contributed by atoms with E-state index in [0.29, 0.717) is 6.42 Å². The minimum atomic E-state index is -2.00. The molecule has 0 radical (unpaired) electrons. The van der Waals surface area contributed by atoms with Crippen LogP contribution in [-0.2, 0) is 38.8 Å². The topological polar surface area (TPSA) is 88.1 Å². The van der Waals surface area contributed by atoms with E-state index in [0.717, 1.165) is 32.1 Å². The molecule has 1 aliphatic carbocycles. The Kier molecular flexibility index (Phi) is 6.94. The van der Waals surface area contributed by atoms with Crippen molar-refractivity contribution in [2.45, 2.75) is 64.8 Å². The minimum Gasteiger partial charge on any atom is -0.462 e. The lowest BCUT2D eigenvalue weighted by atomic mass is 9.87. The maximum atomic E-state index is 12.3. The minimum absolute atomic E-state index is 0.104. The first kappa shape index (κ1) is 19.1. The average molecular weight is 360 g/mol. The van der Waals surface area contributed by atoms with E-state index in [1.54, 1.807) is 6.08 Å². The summed E-state index contributed by atoms with van der Waals surface area (Å²) in [5.74, 6) is -1.20. The molecular formula is C16H24O7S. The Morgan fingerprint density at radius 1 is 1.29 bits per heavy atom. The fourth-order valence-electron chi connectivity index (χ4n) is 2.46. The van der Waals surface area contributed by atoms with Crippen LogP contribution in [0.1, 0.15) is 52.4 Å². The van der Waals surface area contributed by atoms with Crippen molar-refractivity contribution in [2.75, 3.05) is 6.61 Å². The van der Waals surface area contributed by atoms with Crippen molar-refractivity contribution in [1.29, 1.82) is 0 Å². The molecule has 1 aliphatic heterocycles. The van der Waals surface area contributed by atoms with Crippen LogP contribution in [0.3, 0.4) is 0 Å². The monoisotopic (exact) mass is 360 g/mol. The molecule has 2 aliphatic rings. The molecule has 0 aromatic carbocycles. The first-order chi connectivity index (χ1) is 11.4. The van der Waals surface area contributed by atoms with E-state index in [1.807, 2.05) is 0 Å². The lowest BCUT2D eigenvalue weighted by molar-refractivity contribution is -0.180. The second-order valence-electron chi connectivity index (χ2n) is 6.29. The summed E-state index contributed by atoms with van der Waals surface area (Å²) >= 11 is -2.00. The van der Waals surface area contributed by atoms with Crippen molar-refractivity contribution >= 4 is 23.1 Å². The summed E-state index contributed by atoms with van der Waals surface area (Å²) in [5.41, 5.74) is -1.56.